The number of aromatic nitrogens is 3. The first-order valence-corrected chi connectivity index (χ1v) is 7.59. The van der Waals surface area contributed by atoms with Gasteiger partial charge >= 0.3 is 0 Å². The summed E-state index contributed by atoms with van der Waals surface area (Å²) >= 11 is 13.8. The second-order valence-electron chi connectivity index (χ2n) is 4.31. The van der Waals surface area contributed by atoms with Gasteiger partial charge in [-0.1, -0.05) is 35.3 Å². The van der Waals surface area contributed by atoms with Crippen molar-refractivity contribution in [3.63, 3.8) is 0 Å². The Bertz CT molecular complexity index is 796. The maximum Gasteiger partial charge on any atom is 0.191 e. The summed E-state index contributed by atoms with van der Waals surface area (Å²) < 4.78 is 13.3. The third kappa shape index (κ3) is 2.90. The van der Waals surface area contributed by atoms with Gasteiger partial charge in [0, 0.05) is 11.1 Å². The molecular formula is C14H8Cl2FN3S. The minimum absolute atomic E-state index is 0.170. The average Bonchev–Trinajstić information content (AvgIpc) is 2.85. The van der Waals surface area contributed by atoms with Crippen molar-refractivity contribution in [2.75, 3.05) is 0 Å². The van der Waals surface area contributed by atoms with Gasteiger partial charge in [0.2, 0.25) is 0 Å². The molecule has 1 aromatic carbocycles. The summed E-state index contributed by atoms with van der Waals surface area (Å²) in [7, 11) is 0. The third-order valence-electron chi connectivity index (χ3n) is 2.74. The van der Waals surface area contributed by atoms with Crippen LogP contribution in [0.5, 0.6) is 0 Å². The number of nitrogens with zero attached hydrogens (tertiary/aromatic N) is 3. The Balaban J connectivity index is 2.12. The first-order valence-electron chi connectivity index (χ1n) is 5.96. The van der Waals surface area contributed by atoms with E-state index < -0.39 is 0 Å². The molecule has 2 aromatic heterocycles. The van der Waals surface area contributed by atoms with Gasteiger partial charge < -0.3 is 0 Å². The lowest BCUT2D eigenvalue weighted by molar-refractivity contribution is 0.628. The van der Waals surface area contributed by atoms with E-state index in [0.29, 0.717) is 22.0 Å². The molecule has 0 spiro atoms. The highest BCUT2D eigenvalue weighted by Gasteiger charge is 2.16. The first kappa shape index (κ1) is 14.4. The number of hydrogen-bond acceptors (Lipinski definition) is 4. The molecule has 2 heterocycles. The van der Waals surface area contributed by atoms with Crippen molar-refractivity contribution in [1.82, 2.24) is 15.0 Å². The molecule has 0 unspecified atom stereocenters. The normalized spacial score (nSPS) is 10.9. The van der Waals surface area contributed by atoms with Gasteiger partial charge in [-0.15, -0.1) is 11.3 Å². The molecule has 0 radical (unpaired) electrons. The fraction of sp³-hybridized carbons (Fsp3) is 0.0714. The number of aryl methyl sites for hydroxylation is 1. The molecule has 0 amide bonds. The molecule has 0 saturated heterocycles. The Morgan fingerprint density at radius 2 is 1.81 bits per heavy atom. The van der Waals surface area contributed by atoms with Gasteiger partial charge in [-0.25, -0.2) is 19.3 Å². The lowest BCUT2D eigenvalue weighted by Gasteiger charge is -2.07. The van der Waals surface area contributed by atoms with Gasteiger partial charge in [0.1, 0.15) is 16.1 Å². The van der Waals surface area contributed by atoms with E-state index in [-0.39, 0.29) is 16.1 Å². The molecule has 3 aromatic rings. The van der Waals surface area contributed by atoms with Crippen LogP contribution in [-0.2, 0) is 0 Å². The van der Waals surface area contributed by atoms with Crippen LogP contribution in [0, 0.1) is 12.7 Å². The Hall–Kier alpha value is -1.56. The SMILES string of the molecule is Cc1csc(-c2nc(Cl)c(-c3cccc(F)c3)c(Cl)n2)n1. The maximum atomic E-state index is 13.3. The summed E-state index contributed by atoms with van der Waals surface area (Å²) in [6, 6.07) is 5.96. The summed E-state index contributed by atoms with van der Waals surface area (Å²) in [5.41, 5.74) is 1.82. The number of rotatable bonds is 2. The van der Waals surface area contributed by atoms with E-state index in [0.717, 1.165) is 5.69 Å². The van der Waals surface area contributed by atoms with Crippen LogP contribution >= 0.6 is 34.5 Å². The van der Waals surface area contributed by atoms with Gasteiger partial charge in [-0.3, -0.25) is 0 Å². The molecule has 3 rings (SSSR count). The average molecular weight is 340 g/mol. The lowest BCUT2D eigenvalue weighted by atomic mass is 10.1. The van der Waals surface area contributed by atoms with Crippen molar-refractivity contribution in [2.24, 2.45) is 0 Å². The zero-order valence-electron chi connectivity index (χ0n) is 10.8. The van der Waals surface area contributed by atoms with Gasteiger partial charge in [0.05, 0.1) is 5.56 Å². The fourth-order valence-corrected chi connectivity index (χ4v) is 3.18. The van der Waals surface area contributed by atoms with Crippen LogP contribution in [0.2, 0.25) is 10.3 Å². The molecule has 0 fully saturated rings. The van der Waals surface area contributed by atoms with Crippen LogP contribution < -0.4 is 0 Å². The highest BCUT2D eigenvalue weighted by molar-refractivity contribution is 7.13. The molecule has 21 heavy (non-hydrogen) atoms. The predicted octanol–water partition coefficient (Wildman–Crippen LogP) is 5.02. The van der Waals surface area contributed by atoms with Crippen molar-refractivity contribution < 1.29 is 4.39 Å². The van der Waals surface area contributed by atoms with Crippen molar-refractivity contribution in [1.29, 1.82) is 0 Å². The molecule has 106 valence electrons. The van der Waals surface area contributed by atoms with Crippen LogP contribution in [-0.4, -0.2) is 15.0 Å². The predicted molar refractivity (Wildman–Crippen MR) is 83.3 cm³/mol. The molecule has 0 saturated carbocycles. The number of thiazole rings is 1. The molecular weight excluding hydrogens is 332 g/mol. The fourth-order valence-electron chi connectivity index (χ4n) is 1.84. The smallest absolute Gasteiger partial charge is 0.191 e. The summed E-state index contributed by atoms with van der Waals surface area (Å²) in [4.78, 5) is 12.7. The summed E-state index contributed by atoms with van der Waals surface area (Å²) in [5.74, 6) is -0.0116. The second kappa shape index (κ2) is 5.67. The highest BCUT2D eigenvalue weighted by atomic mass is 35.5. The molecule has 0 aliphatic heterocycles. The highest BCUT2D eigenvalue weighted by Crippen LogP contribution is 2.34. The van der Waals surface area contributed by atoms with Crippen molar-refractivity contribution in [2.45, 2.75) is 6.92 Å². The van der Waals surface area contributed by atoms with E-state index in [4.69, 9.17) is 23.2 Å². The molecule has 0 atom stereocenters. The van der Waals surface area contributed by atoms with Gasteiger partial charge in [-0.2, -0.15) is 0 Å². The summed E-state index contributed by atoms with van der Waals surface area (Å²) in [6.45, 7) is 1.88. The quantitative estimate of drug-likeness (QED) is 0.615. The minimum Gasteiger partial charge on any atom is -0.238 e. The van der Waals surface area contributed by atoms with Crippen molar-refractivity contribution in [3.8, 4) is 22.0 Å². The zero-order valence-corrected chi connectivity index (χ0v) is 13.1. The van der Waals surface area contributed by atoms with Crippen LogP contribution in [0.25, 0.3) is 22.0 Å². The van der Waals surface area contributed by atoms with E-state index in [1.54, 1.807) is 12.1 Å². The Labute approximate surface area is 134 Å². The monoisotopic (exact) mass is 339 g/mol. The van der Waals surface area contributed by atoms with Crippen molar-refractivity contribution in [3.05, 3.63) is 51.5 Å². The Kier molecular flexibility index (Phi) is 3.89. The van der Waals surface area contributed by atoms with Crippen LogP contribution in [0.15, 0.2) is 29.6 Å². The van der Waals surface area contributed by atoms with Crippen LogP contribution in [0.4, 0.5) is 4.39 Å². The molecule has 3 nitrogen and oxygen atoms in total. The van der Waals surface area contributed by atoms with Gasteiger partial charge in [0.25, 0.3) is 0 Å². The van der Waals surface area contributed by atoms with E-state index in [1.165, 1.54) is 23.5 Å². The van der Waals surface area contributed by atoms with E-state index >= 15 is 0 Å². The number of benzene rings is 1. The third-order valence-corrected chi connectivity index (χ3v) is 4.25. The van der Waals surface area contributed by atoms with E-state index in [2.05, 4.69) is 15.0 Å². The largest absolute Gasteiger partial charge is 0.238 e. The topological polar surface area (TPSA) is 38.7 Å². The number of halogens is 3. The molecule has 0 aliphatic carbocycles. The molecule has 7 heteroatoms. The second-order valence-corrected chi connectivity index (χ2v) is 5.88. The Morgan fingerprint density at radius 1 is 1.10 bits per heavy atom. The lowest BCUT2D eigenvalue weighted by Crippen LogP contribution is -1.95. The van der Waals surface area contributed by atoms with Gasteiger partial charge in [0.15, 0.2) is 10.8 Å². The molecule has 0 bridgehead atoms. The van der Waals surface area contributed by atoms with Gasteiger partial charge in [-0.05, 0) is 24.6 Å². The zero-order chi connectivity index (χ0) is 15.0. The first-order chi connectivity index (χ1) is 10.0. The number of hydrogen-bond donors (Lipinski definition) is 0. The summed E-state index contributed by atoms with van der Waals surface area (Å²) in [5, 5.41) is 2.87. The van der Waals surface area contributed by atoms with Crippen LogP contribution in [0.1, 0.15) is 5.69 Å². The Morgan fingerprint density at radius 3 is 2.38 bits per heavy atom. The van der Waals surface area contributed by atoms with E-state index in [1.807, 2.05) is 12.3 Å². The van der Waals surface area contributed by atoms with E-state index in [9.17, 15) is 4.39 Å². The van der Waals surface area contributed by atoms with Crippen LogP contribution in [0.3, 0.4) is 0 Å². The molecule has 0 N–H and O–H groups in total. The summed E-state index contributed by atoms with van der Waals surface area (Å²) in [6.07, 6.45) is 0. The minimum atomic E-state index is -0.376. The molecule has 0 aliphatic rings. The van der Waals surface area contributed by atoms with Crippen molar-refractivity contribution >= 4 is 34.5 Å². The maximum absolute atomic E-state index is 13.3. The standard InChI is InChI=1S/C14H8Cl2FN3S/c1-7-6-21-14(18-7)13-19-11(15)10(12(16)20-13)8-3-2-4-9(17)5-8/h2-6H,1H3.